The van der Waals surface area contributed by atoms with E-state index in [9.17, 15) is 9.59 Å². The number of nitrogens with zero attached hydrogens (tertiary/aromatic N) is 1. The summed E-state index contributed by atoms with van der Waals surface area (Å²) in [6.07, 6.45) is 0. The third-order valence-electron chi connectivity index (χ3n) is 3.19. The lowest BCUT2D eigenvalue weighted by molar-refractivity contribution is -0.118. The minimum absolute atomic E-state index is 0.102. The van der Waals surface area contributed by atoms with Crippen LogP contribution in [-0.4, -0.2) is 11.8 Å². The number of amides is 2. The fraction of sp³-hybridized carbons (Fsp3) is 0.167. The quantitative estimate of drug-likeness (QED) is 0.908. The highest BCUT2D eigenvalue weighted by molar-refractivity contribution is 6.05. The second-order valence-corrected chi connectivity index (χ2v) is 5.37. The van der Waals surface area contributed by atoms with Gasteiger partial charge in [0.25, 0.3) is 5.91 Å². The summed E-state index contributed by atoms with van der Waals surface area (Å²) in [5.41, 5.74) is 2.15. The van der Waals surface area contributed by atoms with Gasteiger partial charge in [0.05, 0.1) is 11.6 Å². The molecule has 2 rings (SSSR count). The first-order chi connectivity index (χ1) is 11.0. The Morgan fingerprint density at radius 3 is 2.30 bits per heavy atom. The molecule has 2 aromatic carbocycles. The molecule has 5 heteroatoms. The molecule has 0 saturated carbocycles. The van der Waals surface area contributed by atoms with E-state index in [1.165, 1.54) is 0 Å². The van der Waals surface area contributed by atoms with Crippen molar-refractivity contribution in [1.29, 1.82) is 5.26 Å². The van der Waals surface area contributed by atoms with Gasteiger partial charge in [-0.05, 0) is 42.5 Å². The van der Waals surface area contributed by atoms with Crippen LogP contribution in [0.5, 0.6) is 0 Å². The Balaban J connectivity index is 2.10. The number of hydrogen-bond acceptors (Lipinski definition) is 3. The minimum atomic E-state index is -0.282. The zero-order valence-corrected chi connectivity index (χ0v) is 13.0. The molecule has 116 valence electrons. The van der Waals surface area contributed by atoms with Gasteiger partial charge in [0.2, 0.25) is 5.91 Å². The van der Waals surface area contributed by atoms with Crippen molar-refractivity contribution in [3.05, 3.63) is 59.7 Å². The Labute approximate surface area is 134 Å². The van der Waals surface area contributed by atoms with Crippen LogP contribution in [0.15, 0.2) is 48.5 Å². The lowest BCUT2D eigenvalue weighted by Crippen LogP contribution is -2.18. The SMILES string of the molecule is CC(C)C(=O)Nc1cccc(C(=O)Nc2ccc(C#N)cc2)c1. The highest BCUT2D eigenvalue weighted by Crippen LogP contribution is 2.15. The molecule has 0 aromatic heterocycles. The van der Waals surface area contributed by atoms with E-state index >= 15 is 0 Å². The van der Waals surface area contributed by atoms with Crippen LogP contribution < -0.4 is 10.6 Å². The third-order valence-corrected chi connectivity index (χ3v) is 3.19. The molecule has 5 nitrogen and oxygen atoms in total. The average molecular weight is 307 g/mol. The Morgan fingerprint density at radius 1 is 1.00 bits per heavy atom. The van der Waals surface area contributed by atoms with Crippen molar-refractivity contribution in [2.75, 3.05) is 10.6 Å². The number of carbonyl (C=O) groups excluding carboxylic acids is 2. The van der Waals surface area contributed by atoms with Crippen LogP contribution in [0.1, 0.15) is 29.8 Å². The number of carbonyl (C=O) groups is 2. The molecule has 2 aromatic rings. The second kappa shape index (κ2) is 7.23. The van der Waals surface area contributed by atoms with Crippen molar-refractivity contribution in [3.8, 4) is 6.07 Å². The smallest absolute Gasteiger partial charge is 0.255 e. The van der Waals surface area contributed by atoms with Crippen LogP contribution in [0, 0.1) is 17.2 Å². The van der Waals surface area contributed by atoms with E-state index < -0.39 is 0 Å². The largest absolute Gasteiger partial charge is 0.326 e. The topological polar surface area (TPSA) is 82.0 Å². The summed E-state index contributed by atoms with van der Waals surface area (Å²) in [5, 5.41) is 14.3. The van der Waals surface area contributed by atoms with Gasteiger partial charge in [-0.25, -0.2) is 0 Å². The number of rotatable bonds is 4. The van der Waals surface area contributed by atoms with Crippen molar-refractivity contribution in [2.45, 2.75) is 13.8 Å². The molecule has 0 aliphatic rings. The molecule has 2 amide bonds. The Kier molecular flexibility index (Phi) is 5.11. The molecule has 0 saturated heterocycles. The predicted molar refractivity (Wildman–Crippen MR) is 89.0 cm³/mol. The van der Waals surface area contributed by atoms with Crippen LogP contribution >= 0.6 is 0 Å². The predicted octanol–water partition coefficient (Wildman–Crippen LogP) is 3.41. The summed E-state index contributed by atoms with van der Waals surface area (Å²) in [4.78, 5) is 24.0. The van der Waals surface area contributed by atoms with Crippen LogP contribution in [0.3, 0.4) is 0 Å². The summed E-state index contributed by atoms with van der Waals surface area (Å²) in [5.74, 6) is -0.517. The van der Waals surface area contributed by atoms with Crippen molar-refractivity contribution in [1.82, 2.24) is 0 Å². The molecule has 0 fully saturated rings. The molecule has 0 atom stereocenters. The lowest BCUT2D eigenvalue weighted by atomic mass is 10.1. The van der Waals surface area contributed by atoms with Gasteiger partial charge in [0, 0.05) is 22.9 Å². The summed E-state index contributed by atoms with van der Waals surface area (Å²) in [7, 11) is 0. The maximum atomic E-state index is 12.3. The number of benzene rings is 2. The van der Waals surface area contributed by atoms with Gasteiger partial charge in [-0.3, -0.25) is 9.59 Å². The first-order valence-electron chi connectivity index (χ1n) is 7.22. The number of nitriles is 1. The molecule has 23 heavy (non-hydrogen) atoms. The summed E-state index contributed by atoms with van der Waals surface area (Å²) in [6, 6.07) is 15.4. The Hall–Kier alpha value is -3.13. The third kappa shape index (κ3) is 4.42. The highest BCUT2D eigenvalue weighted by atomic mass is 16.2. The van der Waals surface area contributed by atoms with Gasteiger partial charge in [-0.15, -0.1) is 0 Å². The van der Waals surface area contributed by atoms with Crippen molar-refractivity contribution >= 4 is 23.2 Å². The first kappa shape index (κ1) is 16.2. The van der Waals surface area contributed by atoms with Crippen molar-refractivity contribution in [2.24, 2.45) is 5.92 Å². The normalized spacial score (nSPS) is 10.0. The van der Waals surface area contributed by atoms with Crippen molar-refractivity contribution in [3.63, 3.8) is 0 Å². The van der Waals surface area contributed by atoms with E-state index in [1.807, 2.05) is 6.07 Å². The minimum Gasteiger partial charge on any atom is -0.326 e. The lowest BCUT2D eigenvalue weighted by Gasteiger charge is -2.10. The fourth-order valence-corrected chi connectivity index (χ4v) is 1.86. The van der Waals surface area contributed by atoms with Crippen LogP contribution in [0.4, 0.5) is 11.4 Å². The zero-order valence-electron chi connectivity index (χ0n) is 13.0. The molecule has 0 aliphatic carbocycles. The molecule has 0 bridgehead atoms. The fourth-order valence-electron chi connectivity index (χ4n) is 1.86. The van der Waals surface area contributed by atoms with Gasteiger partial charge in [-0.1, -0.05) is 19.9 Å². The van der Waals surface area contributed by atoms with Crippen LogP contribution in [0.25, 0.3) is 0 Å². The summed E-state index contributed by atoms with van der Waals surface area (Å²) < 4.78 is 0. The Morgan fingerprint density at radius 2 is 1.70 bits per heavy atom. The summed E-state index contributed by atoms with van der Waals surface area (Å²) in [6.45, 7) is 3.60. The van der Waals surface area contributed by atoms with Crippen LogP contribution in [-0.2, 0) is 4.79 Å². The number of anilines is 2. The summed E-state index contributed by atoms with van der Waals surface area (Å²) >= 11 is 0. The molecular formula is C18H17N3O2. The van der Waals surface area contributed by atoms with Crippen LogP contribution in [0.2, 0.25) is 0 Å². The van der Waals surface area contributed by atoms with E-state index in [-0.39, 0.29) is 17.7 Å². The van der Waals surface area contributed by atoms with E-state index in [1.54, 1.807) is 62.4 Å². The van der Waals surface area contributed by atoms with Gasteiger partial charge in [0.15, 0.2) is 0 Å². The van der Waals surface area contributed by atoms with Gasteiger partial charge < -0.3 is 10.6 Å². The second-order valence-electron chi connectivity index (χ2n) is 5.37. The molecule has 0 radical (unpaired) electrons. The number of hydrogen-bond donors (Lipinski definition) is 2. The zero-order chi connectivity index (χ0) is 16.8. The van der Waals surface area contributed by atoms with E-state index in [0.717, 1.165) is 0 Å². The maximum absolute atomic E-state index is 12.3. The van der Waals surface area contributed by atoms with Crippen molar-refractivity contribution < 1.29 is 9.59 Å². The average Bonchev–Trinajstić information content (AvgIpc) is 2.55. The Bertz CT molecular complexity index is 759. The van der Waals surface area contributed by atoms with Gasteiger partial charge in [-0.2, -0.15) is 5.26 Å². The molecule has 2 N–H and O–H groups in total. The molecular weight excluding hydrogens is 290 g/mol. The molecule has 0 aliphatic heterocycles. The van der Waals surface area contributed by atoms with E-state index in [4.69, 9.17) is 5.26 Å². The van der Waals surface area contributed by atoms with E-state index in [2.05, 4.69) is 10.6 Å². The number of nitrogens with one attached hydrogen (secondary N) is 2. The van der Waals surface area contributed by atoms with Gasteiger partial charge >= 0.3 is 0 Å². The molecule has 0 heterocycles. The highest BCUT2D eigenvalue weighted by Gasteiger charge is 2.10. The standard InChI is InChI=1S/C18H17N3O2/c1-12(2)17(22)21-16-5-3-4-14(10-16)18(23)20-15-8-6-13(11-19)7-9-15/h3-10,12H,1-2H3,(H,20,23)(H,21,22). The monoisotopic (exact) mass is 307 g/mol. The molecule has 0 spiro atoms. The molecule has 0 unspecified atom stereocenters. The maximum Gasteiger partial charge on any atom is 0.255 e. The van der Waals surface area contributed by atoms with E-state index in [0.29, 0.717) is 22.5 Å². The first-order valence-corrected chi connectivity index (χ1v) is 7.22. The van der Waals surface area contributed by atoms with Gasteiger partial charge in [0.1, 0.15) is 0 Å².